The highest BCUT2D eigenvalue weighted by Gasteiger charge is 2.42. The first kappa shape index (κ1) is 48.6. The molecular formula is C44H68N6O9. The number of nitrogen functional groups attached to an aromatic ring is 1. The number of aliphatic hydroxyl groups excluding tert-OH is 1. The van der Waals surface area contributed by atoms with Gasteiger partial charge in [-0.2, -0.15) is 0 Å². The molecule has 0 saturated carbocycles. The van der Waals surface area contributed by atoms with Gasteiger partial charge in [0.05, 0.1) is 55.3 Å². The van der Waals surface area contributed by atoms with Gasteiger partial charge in [-0.05, 0) is 54.9 Å². The molecule has 0 spiro atoms. The maximum atomic E-state index is 14.1. The molecule has 1 unspecified atom stereocenters. The van der Waals surface area contributed by atoms with Crippen molar-refractivity contribution in [1.82, 2.24) is 25.3 Å². The first-order valence-electron chi connectivity index (χ1n) is 20.6. The Labute approximate surface area is 350 Å². The number of hydrogen-bond acceptors (Lipinski definition) is 10. The number of carbonyl (C=O) groups excluding carboxylic acids is 5. The van der Waals surface area contributed by atoms with Crippen LogP contribution in [0.3, 0.4) is 0 Å². The fourth-order valence-corrected chi connectivity index (χ4v) is 7.99. The number of amides is 5. The van der Waals surface area contributed by atoms with Crippen molar-refractivity contribution in [2.45, 2.75) is 116 Å². The topological polar surface area (TPSA) is 193 Å². The lowest BCUT2D eigenvalue weighted by atomic mass is 9.90. The van der Waals surface area contributed by atoms with Crippen LogP contribution < -0.4 is 16.4 Å². The molecule has 1 aliphatic rings. The second-order valence-corrected chi connectivity index (χ2v) is 16.1. The standard InChI is InChI=1S/C44H68N6O9/c1-11-28(4)39(48(7)37(52)25-46-43(55)38(27(2)3)49(8)44(56)59-26-31-19-21-33(45)22-20-31)35(57-9)24-36(51)50-23-15-18-34(50)41(58-10)29(5)42(54)47-30(6)40(53)32-16-13-12-14-17-32/h12-14,16-17,19-22,27-30,34-35,38-41,53H,11,15,18,23-26,45H2,1-10H3,(H,46,55)(H,47,54)/t28-,29+,30+,34-,35+,38-,39?,40+,41+/m0/s1. The zero-order valence-electron chi connectivity index (χ0n) is 36.6. The predicted octanol–water partition coefficient (Wildman–Crippen LogP) is 4.14. The lowest BCUT2D eigenvalue weighted by Crippen LogP contribution is -2.56. The zero-order chi connectivity index (χ0) is 44.0. The zero-order valence-corrected chi connectivity index (χ0v) is 36.6. The van der Waals surface area contributed by atoms with Crippen LogP contribution in [-0.2, 0) is 40.0 Å². The first-order valence-corrected chi connectivity index (χ1v) is 20.6. The van der Waals surface area contributed by atoms with Gasteiger partial charge in [0, 0.05) is 40.5 Å². The van der Waals surface area contributed by atoms with Gasteiger partial charge in [-0.1, -0.05) is 83.5 Å². The van der Waals surface area contributed by atoms with Crippen molar-refractivity contribution in [3.63, 3.8) is 0 Å². The Hall–Kier alpha value is -4.73. The van der Waals surface area contributed by atoms with Gasteiger partial charge < -0.3 is 45.5 Å². The van der Waals surface area contributed by atoms with Crippen LogP contribution >= 0.6 is 0 Å². The highest BCUT2D eigenvalue weighted by atomic mass is 16.6. The minimum atomic E-state index is -0.913. The van der Waals surface area contributed by atoms with E-state index in [1.165, 1.54) is 31.1 Å². The van der Waals surface area contributed by atoms with Crippen molar-refractivity contribution in [3.8, 4) is 0 Å². The number of nitrogens with zero attached hydrogens (tertiary/aromatic N) is 3. The average Bonchev–Trinajstić information content (AvgIpc) is 3.71. The summed E-state index contributed by atoms with van der Waals surface area (Å²) in [5.74, 6) is -2.39. The van der Waals surface area contributed by atoms with Crippen LogP contribution in [0.1, 0.15) is 84.5 Å². The molecule has 1 aliphatic heterocycles. The third-order valence-electron chi connectivity index (χ3n) is 11.7. The molecule has 5 amide bonds. The van der Waals surface area contributed by atoms with E-state index in [-0.39, 0.29) is 55.2 Å². The Morgan fingerprint density at radius 3 is 2.14 bits per heavy atom. The third-order valence-corrected chi connectivity index (χ3v) is 11.7. The quantitative estimate of drug-likeness (QED) is 0.133. The molecule has 3 rings (SSSR count). The normalized spacial score (nSPS) is 18.1. The average molecular weight is 825 g/mol. The molecule has 0 aliphatic carbocycles. The van der Waals surface area contributed by atoms with Crippen molar-refractivity contribution in [1.29, 1.82) is 0 Å². The van der Waals surface area contributed by atoms with E-state index in [9.17, 15) is 29.1 Å². The number of carbonyl (C=O) groups is 5. The van der Waals surface area contributed by atoms with Crippen LogP contribution in [-0.4, -0.2) is 127 Å². The minimum Gasteiger partial charge on any atom is -0.445 e. The number of methoxy groups -OCH3 is 2. The smallest absolute Gasteiger partial charge is 0.410 e. The van der Waals surface area contributed by atoms with E-state index < -0.39 is 54.4 Å². The molecule has 0 aromatic heterocycles. The largest absolute Gasteiger partial charge is 0.445 e. The van der Waals surface area contributed by atoms with Gasteiger partial charge in [0.15, 0.2) is 0 Å². The van der Waals surface area contributed by atoms with Crippen LogP contribution in [0, 0.1) is 17.8 Å². The summed E-state index contributed by atoms with van der Waals surface area (Å²) in [7, 11) is 6.17. The summed E-state index contributed by atoms with van der Waals surface area (Å²) < 4.78 is 17.3. The molecule has 2 aromatic carbocycles. The Balaban J connectivity index is 1.66. The molecule has 15 nitrogen and oxygen atoms in total. The summed E-state index contributed by atoms with van der Waals surface area (Å²) >= 11 is 0. The SMILES string of the molecule is CC[C@H](C)C([C@@H](CC(=O)N1CCC[C@H]1[C@H](OC)[C@@H](C)C(=O)N[C@H](C)[C@@H](O)c1ccccc1)OC)N(C)C(=O)CNC(=O)[C@H](C(C)C)N(C)C(=O)OCc1ccc(N)cc1. The fourth-order valence-electron chi connectivity index (χ4n) is 7.99. The Kier molecular flexibility index (Phi) is 19.1. The number of likely N-dealkylation sites (N-methyl/N-ethyl adjacent to an activating group) is 2. The van der Waals surface area contributed by atoms with E-state index in [1.807, 2.05) is 32.0 Å². The van der Waals surface area contributed by atoms with Crippen LogP contribution in [0.15, 0.2) is 54.6 Å². The molecule has 328 valence electrons. The summed E-state index contributed by atoms with van der Waals surface area (Å²) in [4.78, 5) is 72.3. The number of ether oxygens (including phenoxy) is 3. The van der Waals surface area contributed by atoms with Crippen molar-refractivity contribution in [3.05, 3.63) is 65.7 Å². The van der Waals surface area contributed by atoms with E-state index in [0.717, 1.165) is 12.0 Å². The lowest BCUT2D eigenvalue weighted by Gasteiger charge is -2.39. The Bertz CT molecular complexity index is 1660. The number of aliphatic hydroxyl groups is 1. The van der Waals surface area contributed by atoms with Gasteiger partial charge in [-0.3, -0.25) is 24.1 Å². The summed E-state index contributed by atoms with van der Waals surface area (Å²) in [6, 6.07) is 13.7. The number of likely N-dealkylation sites (tertiary alicyclic amines) is 1. The number of hydrogen-bond donors (Lipinski definition) is 4. The predicted molar refractivity (Wildman–Crippen MR) is 226 cm³/mol. The highest BCUT2D eigenvalue weighted by Crippen LogP contribution is 2.30. The second kappa shape index (κ2) is 23.2. The number of anilines is 1. The monoisotopic (exact) mass is 825 g/mol. The Morgan fingerprint density at radius 2 is 1.56 bits per heavy atom. The number of nitrogens with one attached hydrogen (secondary N) is 2. The van der Waals surface area contributed by atoms with Gasteiger partial charge in [0.2, 0.25) is 23.6 Å². The summed E-state index contributed by atoms with van der Waals surface area (Å²) in [5, 5.41) is 16.5. The lowest BCUT2D eigenvalue weighted by molar-refractivity contribution is -0.146. The molecule has 2 aromatic rings. The number of rotatable bonds is 21. The van der Waals surface area contributed by atoms with Gasteiger partial charge in [-0.15, -0.1) is 0 Å². The summed E-state index contributed by atoms with van der Waals surface area (Å²) in [5.41, 5.74) is 7.77. The summed E-state index contributed by atoms with van der Waals surface area (Å²) in [6.45, 7) is 11.2. The van der Waals surface area contributed by atoms with Crippen molar-refractivity contribution >= 4 is 35.4 Å². The molecule has 0 radical (unpaired) electrons. The number of benzene rings is 2. The van der Waals surface area contributed by atoms with E-state index in [1.54, 1.807) is 76.0 Å². The van der Waals surface area contributed by atoms with E-state index in [0.29, 0.717) is 30.6 Å². The molecule has 0 bridgehead atoms. The van der Waals surface area contributed by atoms with Crippen LogP contribution in [0.5, 0.6) is 0 Å². The van der Waals surface area contributed by atoms with Gasteiger partial charge in [0.1, 0.15) is 12.6 Å². The van der Waals surface area contributed by atoms with E-state index in [2.05, 4.69) is 10.6 Å². The molecule has 15 heteroatoms. The number of nitrogens with two attached hydrogens (primary N) is 1. The molecule has 9 atom stereocenters. The molecule has 59 heavy (non-hydrogen) atoms. The maximum Gasteiger partial charge on any atom is 0.410 e. The Morgan fingerprint density at radius 1 is 0.915 bits per heavy atom. The second-order valence-electron chi connectivity index (χ2n) is 16.1. The van der Waals surface area contributed by atoms with Crippen molar-refractivity contribution < 1.29 is 43.3 Å². The first-order chi connectivity index (χ1) is 28.0. The molecule has 1 heterocycles. The third kappa shape index (κ3) is 13.1. The summed E-state index contributed by atoms with van der Waals surface area (Å²) in [6.07, 6.45) is -0.855. The fraction of sp³-hybridized carbons (Fsp3) is 0.614. The van der Waals surface area contributed by atoms with Gasteiger partial charge in [0.25, 0.3) is 0 Å². The van der Waals surface area contributed by atoms with Gasteiger partial charge >= 0.3 is 6.09 Å². The van der Waals surface area contributed by atoms with Gasteiger partial charge in [-0.25, -0.2) is 4.79 Å². The van der Waals surface area contributed by atoms with Crippen LogP contribution in [0.4, 0.5) is 10.5 Å². The van der Waals surface area contributed by atoms with E-state index in [4.69, 9.17) is 19.9 Å². The molecule has 1 saturated heterocycles. The van der Waals surface area contributed by atoms with Crippen LogP contribution in [0.25, 0.3) is 0 Å². The molecule has 5 N–H and O–H groups in total. The minimum absolute atomic E-state index is 0.00167. The van der Waals surface area contributed by atoms with Crippen LogP contribution in [0.2, 0.25) is 0 Å². The maximum absolute atomic E-state index is 14.1. The van der Waals surface area contributed by atoms with E-state index >= 15 is 0 Å². The highest BCUT2D eigenvalue weighted by molar-refractivity contribution is 5.89. The van der Waals surface area contributed by atoms with Crippen molar-refractivity contribution in [2.75, 3.05) is 47.1 Å². The van der Waals surface area contributed by atoms with Crippen molar-refractivity contribution in [2.24, 2.45) is 17.8 Å². The molecular weight excluding hydrogens is 757 g/mol. The molecule has 1 fully saturated rings.